The minimum Gasteiger partial charge on any atom is -0.330 e. The Labute approximate surface area is 69.5 Å². The van der Waals surface area contributed by atoms with Gasteiger partial charge in [0.05, 0.1) is 5.92 Å². The van der Waals surface area contributed by atoms with Crippen LogP contribution in [0.1, 0.15) is 0 Å². The predicted octanol–water partition coefficient (Wildman–Crippen LogP) is 0.685. The molecular weight excluding hydrogens is 169 g/mol. The van der Waals surface area contributed by atoms with Gasteiger partial charge in [0.2, 0.25) is 0 Å². The number of halogens is 3. The quantitative estimate of drug-likeness (QED) is 0.646. The van der Waals surface area contributed by atoms with Crippen LogP contribution in [0.5, 0.6) is 0 Å². The highest BCUT2D eigenvalue weighted by molar-refractivity contribution is 4.87. The van der Waals surface area contributed by atoms with Crippen molar-refractivity contribution < 1.29 is 13.2 Å². The van der Waals surface area contributed by atoms with Crippen molar-refractivity contribution in [3.8, 4) is 0 Å². The third-order valence-electron chi connectivity index (χ3n) is 2.35. The van der Waals surface area contributed by atoms with E-state index in [2.05, 4.69) is 0 Å². The zero-order valence-corrected chi connectivity index (χ0v) is 6.93. The molecule has 72 valence electrons. The second-order valence-corrected chi connectivity index (χ2v) is 3.37. The smallest absolute Gasteiger partial charge is 0.330 e. The van der Waals surface area contributed by atoms with E-state index in [9.17, 15) is 13.2 Å². The fourth-order valence-electron chi connectivity index (χ4n) is 1.70. The molecule has 2 nitrogen and oxygen atoms in total. The van der Waals surface area contributed by atoms with Crippen molar-refractivity contribution in [2.75, 3.05) is 26.7 Å². The Morgan fingerprint density at radius 1 is 1.42 bits per heavy atom. The summed E-state index contributed by atoms with van der Waals surface area (Å²) >= 11 is 0. The number of nitrogens with two attached hydrogens (primary N) is 1. The van der Waals surface area contributed by atoms with Crippen molar-refractivity contribution >= 4 is 0 Å². The van der Waals surface area contributed by atoms with Crippen LogP contribution in [0.4, 0.5) is 13.2 Å². The van der Waals surface area contributed by atoms with Crippen LogP contribution in [-0.2, 0) is 0 Å². The second-order valence-electron chi connectivity index (χ2n) is 3.37. The lowest BCUT2D eigenvalue weighted by molar-refractivity contribution is -0.179. The van der Waals surface area contributed by atoms with Crippen molar-refractivity contribution in [1.82, 2.24) is 4.90 Å². The van der Waals surface area contributed by atoms with Crippen molar-refractivity contribution in [2.24, 2.45) is 17.6 Å². The Morgan fingerprint density at radius 3 is 2.33 bits per heavy atom. The first kappa shape index (κ1) is 9.80. The molecule has 2 N–H and O–H groups in total. The average Bonchev–Trinajstić information content (AvgIpc) is 2.29. The first-order valence-electron chi connectivity index (χ1n) is 3.90. The lowest BCUT2D eigenvalue weighted by Crippen LogP contribution is -2.33. The molecule has 0 aromatic carbocycles. The van der Waals surface area contributed by atoms with Gasteiger partial charge in [-0.15, -0.1) is 0 Å². The summed E-state index contributed by atoms with van der Waals surface area (Å²) in [6, 6.07) is 0. The van der Waals surface area contributed by atoms with Gasteiger partial charge < -0.3 is 10.6 Å². The molecule has 12 heavy (non-hydrogen) atoms. The summed E-state index contributed by atoms with van der Waals surface area (Å²) in [7, 11) is 1.69. The number of alkyl halides is 3. The first-order chi connectivity index (χ1) is 5.45. The van der Waals surface area contributed by atoms with Gasteiger partial charge in [0.1, 0.15) is 0 Å². The fourth-order valence-corrected chi connectivity index (χ4v) is 1.70. The van der Waals surface area contributed by atoms with Crippen LogP contribution >= 0.6 is 0 Å². The van der Waals surface area contributed by atoms with E-state index < -0.39 is 18.0 Å². The molecule has 1 rings (SSSR count). The molecule has 0 spiro atoms. The van der Waals surface area contributed by atoms with Gasteiger partial charge in [-0.25, -0.2) is 0 Å². The van der Waals surface area contributed by atoms with E-state index in [0.29, 0.717) is 6.54 Å². The molecule has 1 fully saturated rings. The van der Waals surface area contributed by atoms with E-state index in [1.807, 2.05) is 0 Å². The van der Waals surface area contributed by atoms with Gasteiger partial charge in [-0.2, -0.15) is 13.2 Å². The van der Waals surface area contributed by atoms with Gasteiger partial charge >= 0.3 is 6.18 Å². The Hall–Kier alpha value is -0.290. The summed E-state index contributed by atoms with van der Waals surface area (Å²) in [5, 5.41) is 0. The maximum atomic E-state index is 12.3. The maximum absolute atomic E-state index is 12.3. The van der Waals surface area contributed by atoms with Crippen molar-refractivity contribution in [2.45, 2.75) is 6.18 Å². The van der Waals surface area contributed by atoms with E-state index in [-0.39, 0.29) is 13.1 Å². The molecule has 0 amide bonds. The summed E-state index contributed by atoms with van der Waals surface area (Å²) in [6.45, 7) is 0.667. The van der Waals surface area contributed by atoms with Crippen LogP contribution in [-0.4, -0.2) is 37.8 Å². The zero-order valence-electron chi connectivity index (χ0n) is 6.93. The highest BCUT2D eigenvalue weighted by Gasteiger charge is 2.48. The van der Waals surface area contributed by atoms with Gasteiger partial charge in [0.15, 0.2) is 0 Å². The molecule has 2 atom stereocenters. The number of hydrogen-bond acceptors (Lipinski definition) is 2. The summed E-state index contributed by atoms with van der Waals surface area (Å²) < 4.78 is 36.9. The van der Waals surface area contributed by atoms with Gasteiger partial charge in [-0.1, -0.05) is 0 Å². The molecule has 0 aliphatic carbocycles. The van der Waals surface area contributed by atoms with E-state index in [1.54, 1.807) is 11.9 Å². The van der Waals surface area contributed by atoms with Crippen LogP contribution in [0.15, 0.2) is 0 Å². The van der Waals surface area contributed by atoms with Crippen LogP contribution in [0.25, 0.3) is 0 Å². The van der Waals surface area contributed by atoms with E-state index in [4.69, 9.17) is 5.73 Å². The Morgan fingerprint density at radius 2 is 2.00 bits per heavy atom. The Kier molecular flexibility index (Phi) is 2.63. The molecule has 0 aromatic heterocycles. The van der Waals surface area contributed by atoms with Gasteiger partial charge in [0.25, 0.3) is 0 Å². The standard InChI is InChI=1S/C7H13F3N2/c1-12-3-5(2-11)6(4-12)7(8,9)10/h5-6H,2-4,11H2,1H3. The minimum absolute atomic E-state index is 0.0887. The third-order valence-corrected chi connectivity index (χ3v) is 2.35. The van der Waals surface area contributed by atoms with Crippen LogP contribution in [0, 0.1) is 11.8 Å². The SMILES string of the molecule is CN1CC(CN)C(C(F)(F)F)C1. The predicted molar refractivity (Wildman–Crippen MR) is 39.6 cm³/mol. The number of nitrogens with zero attached hydrogens (tertiary/aromatic N) is 1. The molecule has 0 bridgehead atoms. The molecule has 0 saturated carbocycles. The molecule has 5 heteroatoms. The molecule has 1 heterocycles. The lowest BCUT2D eigenvalue weighted by atomic mass is 9.96. The normalized spacial score (nSPS) is 32.8. The monoisotopic (exact) mass is 182 g/mol. The van der Waals surface area contributed by atoms with Crippen molar-refractivity contribution in [1.29, 1.82) is 0 Å². The minimum atomic E-state index is -4.09. The van der Waals surface area contributed by atoms with E-state index >= 15 is 0 Å². The Bertz CT molecular complexity index is 157. The summed E-state index contributed by atoms with van der Waals surface area (Å²) in [6.07, 6.45) is -4.09. The Balaban J connectivity index is 2.64. The second kappa shape index (κ2) is 3.22. The van der Waals surface area contributed by atoms with Crippen LogP contribution in [0.3, 0.4) is 0 Å². The average molecular weight is 182 g/mol. The number of likely N-dealkylation sites (tertiary alicyclic amines) is 1. The largest absolute Gasteiger partial charge is 0.393 e. The molecule has 1 aliphatic rings. The molecule has 0 radical (unpaired) electrons. The molecule has 2 unspecified atom stereocenters. The molecule has 1 saturated heterocycles. The zero-order chi connectivity index (χ0) is 9.35. The lowest BCUT2D eigenvalue weighted by Gasteiger charge is -2.19. The van der Waals surface area contributed by atoms with E-state index in [0.717, 1.165) is 0 Å². The fraction of sp³-hybridized carbons (Fsp3) is 1.00. The number of rotatable bonds is 1. The first-order valence-corrected chi connectivity index (χ1v) is 3.90. The third kappa shape index (κ3) is 1.90. The van der Waals surface area contributed by atoms with Crippen molar-refractivity contribution in [3.63, 3.8) is 0 Å². The molecule has 1 aliphatic heterocycles. The summed E-state index contributed by atoms with van der Waals surface area (Å²) in [5.74, 6) is -1.65. The highest BCUT2D eigenvalue weighted by atomic mass is 19.4. The number of hydrogen-bond donors (Lipinski definition) is 1. The summed E-state index contributed by atoms with van der Waals surface area (Å²) in [5.41, 5.74) is 5.26. The van der Waals surface area contributed by atoms with Gasteiger partial charge in [-0.3, -0.25) is 0 Å². The summed E-state index contributed by atoms with van der Waals surface area (Å²) in [4.78, 5) is 1.68. The van der Waals surface area contributed by atoms with Crippen LogP contribution < -0.4 is 5.73 Å². The maximum Gasteiger partial charge on any atom is 0.393 e. The van der Waals surface area contributed by atoms with Gasteiger partial charge in [-0.05, 0) is 19.5 Å². The van der Waals surface area contributed by atoms with Crippen molar-refractivity contribution in [3.05, 3.63) is 0 Å². The topological polar surface area (TPSA) is 29.3 Å². The molecule has 0 aromatic rings. The highest BCUT2D eigenvalue weighted by Crippen LogP contribution is 2.36. The van der Waals surface area contributed by atoms with Gasteiger partial charge in [0, 0.05) is 13.1 Å². The van der Waals surface area contributed by atoms with Crippen LogP contribution in [0.2, 0.25) is 0 Å². The molecular formula is C7H13F3N2. The van der Waals surface area contributed by atoms with E-state index in [1.165, 1.54) is 0 Å².